The fourth-order valence-corrected chi connectivity index (χ4v) is 3.36. The number of aliphatic imine (C=N–C) groups is 1. The second-order valence-corrected chi connectivity index (χ2v) is 7.15. The van der Waals surface area contributed by atoms with Gasteiger partial charge in [-0.15, -0.1) is 0 Å². The number of hydrogen-bond acceptors (Lipinski definition) is 3. The number of halogens is 3. The van der Waals surface area contributed by atoms with Crippen molar-refractivity contribution in [2.45, 2.75) is 13.1 Å². The zero-order chi connectivity index (χ0) is 20.9. The van der Waals surface area contributed by atoms with E-state index in [9.17, 15) is 18.0 Å². The Morgan fingerprint density at radius 2 is 1.83 bits per heavy atom. The maximum atomic E-state index is 12.9. The van der Waals surface area contributed by atoms with Crippen molar-refractivity contribution in [3.63, 3.8) is 0 Å². The summed E-state index contributed by atoms with van der Waals surface area (Å²) >= 11 is 0. The standard InChI is InChI=1S/C21H25F3N4O/c1-17-6-3-2-4-9-28(20(29)25-17)15-12-26-10-13-27(14-11-26)19-8-5-7-18(16-19)21(22,23)24/h2-8,16H,9-15H2,1H3/b4-2-,6-3?,25-17?. The highest BCUT2D eigenvalue weighted by Crippen LogP contribution is 2.31. The first-order valence-electron chi connectivity index (χ1n) is 9.65. The lowest BCUT2D eigenvalue weighted by Gasteiger charge is -2.37. The number of benzene rings is 1. The van der Waals surface area contributed by atoms with Gasteiger partial charge in [0.15, 0.2) is 0 Å². The Kier molecular flexibility index (Phi) is 6.74. The zero-order valence-electron chi connectivity index (χ0n) is 16.4. The first-order valence-corrected chi connectivity index (χ1v) is 9.65. The van der Waals surface area contributed by atoms with Crippen LogP contribution in [0, 0.1) is 0 Å². The lowest BCUT2D eigenvalue weighted by Crippen LogP contribution is -2.49. The molecule has 0 atom stereocenters. The van der Waals surface area contributed by atoms with Crippen molar-refractivity contribution in [3.8, 4) is 0 Å². The van der Waals surface area contributed by atoms with Crippen LogP contribution in [0.25, 0.3) is 0 Å². The molecule has 5 nitrogen and oxygen atoms in total. The van der Waals surface area contributed by atoms with E-state index < -0.39 is 11.7 Å². The summed E-state index contributed by atoms with van der Waals surface area (Å²) in [5.74, 6) is 0. The number of hydrogen-bond donors (Lipinski definition) is 0. The fourth-order valence-electron chi connectivity index (χ4n) is 3.36. The third-order valence-corrected chi connectivity index (χ3v) is 5.05. The van der Waals surface area contributed by atoms with Crippen LogP contribution >= 0.6 is 0 Å². The molecule has 0 aliphatic carbocycles. The topological polar surface area (TPSA) is 39.2 Å². The normalized spacial score (nSPS) is 20.1. The van der Waals surface area contributed by atoms with Gasteiger partial charge in [-0.05, 0) is 31.2 Å². The van der Waals surface area contributed by atoms with Gasteiger partial charge in [-0.1, -0.05) is 24.3 Å². The van der Waals surface area contributed by atoms with Gasteiger partial charge < -0.3 is 9.80 Å². The maximum absolute atomic E-state index is 12.9. The minimum atomic E-state index is -4.33. The quantitative estimate of drug-likeness (QED) is 0.763. The molecule has 0 bridgehead atoms. The van der Waals surface area contributed by atoms with Crippen LogP contribution in [0.15, 0.2) is 53.6 Å². The summed E-state index contributed by atoms with van der Waals surface area (Å²) in [5.41, 5.74) is 0.640. The van der Waals surface area contributed by atoms with Gasteiger partial charge in [-0.3, -0.25) is 4.90 Å². The highest BCUT2D eigenvalue weighted by atomic mass is 19.4. The number of urea groups is 1. The van der Waals surface area contributed by atoms with Crippen molar-refractivity contribution >= 4 is 17.4 Å². The van der Waals surface area contributed by atoms with E-state index in [0.29, 0.717) is 44.1 Å². The van der Waals surface area contributed by atoms with Crippen molar-refractivity contribution in [1.29, 1.82) is 0 Å². The number of rotatable bonds is 4. The Morgan fingerprint density at radius 3 is 2.55 bits per heavy atom. The molecule has 29 heavy (non-hydrogen) atoms. The lowest BCUT2D eigenvalue weighted by molar-refractivity contribution is -0.137. The van der Waals surface area contributed by atoms with Gasteiger partial charge >= 0.3 is 12.2 Å². The molecule has 3 rings (SSSR count). The molecule has 1 saturated heterocycles. The number of anilines is 1. The average molecular weight is 406 g/mol. The highest BCUT2D eigenvalue weighted by Gasteiger charge is 2.31. The summed E-state index contributed by atoms with van der Waals surface area (Å²) in [6.07, 6.45) is 3.15. The first kappa shape index (κ1) is 21.1. The largest absolute Gasteiger partial charge is 0.416 e. The molecule has 2 aliphatic heterocycles. The summed E-state index contributed by atoms with van der Waals surface area (Å²) in [6, 6.07) is 5.22. The summed E-state index contributed by atoms with van der Waals surface area (Å²) < 4.78 is 38.8. The molecule has 0 saturated carbocycles. The minimum Gasteiger partial charge on any atom is -0.369 e. The smallest absolute Gasteiger partial charge is 0.369 e. The molecule has 2 amide bonds. The van der Waals surface area contributed by atoms with Gasteiger partial charge in [0.2, 0.25) is 0 Å². The number of nitrogens with zero attached hydrogens (tertiary/aromatic N) is 4. The summed E-state index contributed by atoms with van der Waals surface area (Å²) in [5, 5.41) is 0. The Labute approximate surface area is 168 Å². The van der Waals surface area contributed by atoms with E-state index in [4.69, 9.17) is 0 Å². The molecule has 0 unspecified atom stereocenters. The Balaban J connectivity index is 1.52. The monoisotopic (exact) mass is 406 g/mol. The van der Waals surface area contributed by atoms with Crippen molar-refractivity contribution in [3.05, 3.63) is 54.1 Å². The van der Waals surface area contributed by atoms with E-state index in [1.807, 2.05) is 23.1 Å². The summed E-state index contributed by atoms with van der Waals surface area (Å²) in [4.78, 5) is 22.3. The third-order valence-electron chi connectivity index (χ3n) is 5.05. The van der Waals surface area contributed by atoms with Crippen LogP contribution < -0.4 is 4.90 Å². The average Bonchev–Trinajstić information content (AvgIpc) is 2.76. The molecule has 2 heterocycles. The van der Waals surface area contributed by atoms with E-state index in [-0.39, 0.29) is 6.03 Å². The molecular formula is C21H25F3N4O. The van der Waals surface area contributed by atoms with Gasteiger partial charge in [0.1, 0.15) is 0 Å². The molecule has 0 spiro atoms. The predicted octanol–water partition coefficient (Wildman–Crippen LogP) is 3.84. The van der Waals surface area contributed by atoms with Crippen molar-refractivity contribution in [2.24, 2.45) is 4.99 Å². The molecule has 1 aromatic rings. The Morgan fingerprint density at radius 1 is 1.07 bits per heavy atom. The first-order chi connectivity index (χ1) is 13.8. The number of carbonyl (C=O) groups excluding carboxylic acids is 1. The zero-order valence-corrected chi connectivity index (χ0v) is 16.4. The van der Waals surface area contributed by atoms with Gasteiger partial charge in [-0.25, -0.2) is 4.79 Å². The molecule has 8 heteroatoms. The highest BCUT2D eigenvalue weighted by molar-refractivity contribution is 6.00. The second kappa shape index (κ2) is 9.26. The van der Waals surface area contributed by atoms with Crippen LogP contribution in [0.5, 0.6) is 0 Å². The molecule has 1 aromatic carbocycles. The molecule has 0 radical (unpaired) electrons. The fraction of sp³-hybridized carbons (Fsp3) is 0.429. The third kappa shape index (κ3) is 5.93. The van der Waals surface area contributed by atoms with Gasteiger partial charge in [0.25, 0.3) is 0 Å². The van der Waals surface area contributed by atoms with Crippen molar-refractivity contribution in [1.82, 2.24) is 9.80 Å². The van der Waals surface area contributed by atoms with E-state index >= 15 is 0 Å². The predicted molar refractivity (Wildman–Crippen MR) is 108 cm³/mol. The molecule has 156 valence electrons. The molecule has 2 aliphatic rings. The Hall–Kier alpha value is -2.61. The van der Waals surface area contributed by atoms with Crippen molar-refractivity contribution < 1.29 is 18.0 Å². The Bertz CT molecular complexity index is 808. The molecular weight excluding hydrogens is 381 g/mol. The van der Waals surface area contributed by atoms with Crippen LogP contribution in [-0.4, -0.2) is 67.4 Å². The maximum Gasteiger partial charge on any atom is 0.416 e. The number of piperazine rings is 1. The molecule has 0 N–H and O–H groups in total. The van der Waals surface area contributed by atoms with Gasteiger partial charge in [0, 0.05) is 57.2 Å². The number of carbonyl (C=O) groups is 1. The van der Waals surface area contributed by atoms with E-state index in [1.54, 1.807) is 24.0 Å². The summed E-state index contributed by atoms with van der Waals surface area (Å²) in [7, 11) is 0. The molecule has 1 fully saturated rings. The van der Waals surface area contributed by atoms with Gasteiger partial charge in [-0.2, -0.15) is 18.2 Å². The number of alkyl halides is 3. The minimum absolute atomic E-state index is 0.249. The van der Waals surface area contributed by atoms with Gasteiger partial charge in [0.05, 0.1) is 5.56 Å². The van der Waals surface area contributed by atoms with Crippen LogP contribution in [0.1, 0.15) is 12.5 Å². The SMILES string of the molecule is CC1=NC(=O)N(CCN2CCN(c3cccc(C(F)(F)F)c3)CC2)C/C=C\C=C1. The van der Waals surface area contributed by atoms with Crippen LogP contribution in [0.3, 0.4) is 0 Å². The number of amides is 2. The van der Waals surface area contributed by atoms with E-state index in [1.165, 1.54) is 12.1 Å². The van der Waals surface area contributed by atoms with Crippen LogP contribution in [0.4, 0.5) is 23.7 Å². The van der Waals surface area contributed by atoms with Crippen LogP contribution in [-0.2, 0) is 6.18 Å². The van der Waals surface area contributed by atoms with E-state index in [0.717, 1.165) is 19.2 Å². The summed E-state index contributed by atoms with van der Waals surface area (Å²) in [6.45, 7) is 6.33. The number of allylic oxidation sites excluding steroid dienone is 3. The van der Waals surface area contributed by atoms with Crippen LogP contribution in [0.2, 0.25) is 0 Å². The van der Waals surface area contributed by atoms with E-state index in [2.05, 4.69) is 9.89 Å². The lowest BCUT2D eigenvalue weighted by atomic mass is 10.1. The van der Waals surface area contributed by atoms with Crippen molar-refractivity contribution in [2.75, 3.05) is 50.7 Å². The molecule has 0 aromatic heterocycles. The second-order valence-electron chi connectivity index (χ2n) is 7.15.